The number of aryl methyl sites for hydroxylation is 2. The molecule has 5 rings (SSSR count). The maximum absolute atomic E-state index is 12.8. The predicted octanol–water partition coefficient (Wildman–Crippen LogP) is 4.42. The van der Waals surface area contributed by atoms with Crippen LogP contribution in [-0.4, -0.2) is 16.8 Å². The number of aromatic amines is 1. The molecule has 1 aliphatic heterocycles. The van der Waals surface area contributed by atoms with Crippen LogP contribution in [-0.2, 0) is 12.8 Å². The summed E-state index contributed by atoms with van der Waals surface area (Å²) in [5.74, 6) is 1.55. The zero-order chi connectivity index (χ0) is 19.3. The van der Waals surface area contributed by atoms with Crippen LogP contribution in [0.3, 0.4) is 0 Å². The van der Waals surface area contributed by atoms with E-state index >= 15 is 0 Å². The van der Waals surface area contributed by atoms with Crippen LogP contribution in [0.1, 0.15) is 34.7 Å². The molecule has 0 saturated heterocycles. The van der Waals surface area contributed by atoms with Crippen molar-refractivity contribution in [2.24, 2.45) is 0 Å². The molecule has 0 radical (unpaired) electrons. The summed E-state index contributed by atoms with van der Waals surface area (Å²) in [7, 11) is 0. The van der Waals surface area contributed by atoms with Crippen molar-refractivity contribution in [1.82, 2.24) is 9.97 Å². The SMILES string of the molecule is N#C/C(=C\c1cc2c(cc1Br)OCO2)c1nc2sc3c(c2c(=O)[nH]1)CCCC3. The first-order valence-electron chi connectivity index (χ1n) is 8.90. The standard InChI is InChI=1S/C20H14BrN3O3S/c21-13-7-15-14(26-9-27-15)6-10(13)5-11(8-22)18-23-19(25)17-12-3-1-2-4-16(12)28-20(17)24-18/h5-7H,1-4,9H2,(H,23,24,25)/b11-5+. The van der Waals surface area contributed by atoms with Gasteiger partial charge >= 0.3 is 0 Å². The van der Waals surface area contributed by atoms with Gasteiger partial charge in [-0.15, -0.1) is 11.3 Å². The molecule has 2 aliphatic rings. The summed E-state index contributed by atoms with van der Waals surface area (Å²) in [5, 5.41) is 10.4. The molecule has 0 saturated carbocycles. The molecule has 8 heteroatoms. The Morgan fingerprint density at radius 2 is 2.07 bits per heavy atom. The molecule has 3 heterocycles. The summed E-state index contributed by atoms with van der Waals surface area (Å²) in [4.78, 5) is 22.1. The summed E-state index contributed by atoms with van der Waals surface area (Å²) in [6, 6.07) is 5.75. The first-order valence-corrected chi connectivity index (χ1v) is 10.5. The quantitative estimate of drug-likeness (QED) is 0.577. The first-order chi connectivity index (χ1) is 13.6. The van der Waals surface area contributed by atoms with E-state index in [9.17, 15) is 10.1 Å². The van der Waals surface area contributed by atoms with Crippen molar-refractivity contribution in [3.63, 3.8) is 0 Å². The first kappa shape index (κ1) is 17.5. The molecular weight excluding hydrogens is 442 g/mol. The minimum absolute atomic E-state index is 0.175. The Morgan fingerprint density at radius 1 is 1.29 bits per heavy atom. The smallest absolute Gasteiger partial charge is 0.260 e. The van der Waals surface area contributed by atoms with E-state index in [1.54, 1.807) is 29.5 Å². The molecule has 1 aromatic carbocycles. The number of halogens is 1. The number of rotatable bonds is 2. The Morgan fingerprint density at radius 3 is 2.89 bits per heavy atom. The molecule has 0 atom stereocenters. The lowest BCUT2D eigenvalue weighted by Crippen LogP contribution is -2.12. The zero-order valence-corrected chi connectivity index (χ0v) is 17.1. The molecule has 0 spiro atoms. The van der Waals surface area contributed by atoms with Crippen molar-refractivity contribution in [2.45, 2.75) is 25.7 Å². The number of benzene rings is 1. The van der Waals surface area contributed by atoms with Crippen LogP contribution >= 0.6 is 27.3 Å². The van der Waals surface area contributed by atoms with Gasteiger partial charge in [-0.3, -0.25) is 4.79 Å². The molecule has 2 aromatic heterocycles. The van der Waals surface area contributed by atoms with Crippen LogP contribution in [0.4, 0.5) is 0 Å². The highest BCUT2D eigenvalue weighted by molar-refractivity contribution is 9.10. The Bertz CT molecular complexity index is 1250. The van der Waals surface area contributed by atoms with E-state index in [1.807, 2.05) is 0 Å². The van der Waals surface area contributed by atoms with Crippen molar-refractivity contribution in [2.75, 3.05) is 6.79 Å². The summed E-state index contributed by atoms with van der Waals surface area (Å²) < 4.78 is 11.5. The molecule has 0 unspecified atom stereocenters. The van der Waals surface area contributed by atoms with Crippen molar-refractivity contribution in [1.29, 1.82) is 5.26 Å². The van der Waals surface area contributed by atoms with E-state index < -0.39 is 0 Å². The van der Waals surface area contributed by atoms with Gasteiger partial charge in [-0.05, 0) is 55.0 Å². The number of hydrogen-bond donors (Lipinski definition) is 1. The number of nitrogens with zero attached hydrogens (tertiary/aromatic N) is 2. The molecule has 28 heavy (non-hydrogen) atoms. The number of aromatic nitrogens is 2. The predicted molar refractivity (Wildman–Crippen MR) is 111 cm³/mol. The molecule has 140 valence electrons. The van der Waals surface area contributed by atoms with Gasteiger partial charge in [-0.1, -0.05) is 15.9 Å². The van der Waals surface area contributed by atoms with E-state index in [2.05, 4.69) is 32.0 Å². The fraction of sp³-hybridized carbons (Fsp3) is 0.250. The molecule has 1 aliphatic carbocycles. The van der Waals surface area contributed by atoms with Crippen LogP contribution in [0.5, 0.6) is 11.5 Å². The average molecular weight is 456 g/mol. The fourth-order valence-electron chi connectivity index (χ4n) is 3.64. The second-order valence-corrected chi connectivity index (χ2v) is 8.64. The Labute approximate surface area is 172 Å². The number of nitrogens with one attached hydrogen (secondary N) is 1. The van der Waals surface area contributed by atoms with E-state index in [-0.39, 0.29) is 23.7 Å². The monoisotopic (exact) mass is 455 g/mol. The zero-order valence-electron chi connectivity index (χ0n) is 14.7. The highest BCUT2D eigenvalue weighted by Crippen LogP contribution is 2.38. The van der Waals surface area contributed by atoms with Crippen LogP contribution in [0.25, 0.3) is 21.9 Å². The number of allylic oxidation sites excluding steroid dienone is 1. The Hall–Kier alpha value is -2.63. The van der Waals surface area contributed by atoms with Gasteiger partial charge in [0.25, 0.3) is 5.56 Å². The van der Waals surface area contributed by atoms with Gasteiger partial charge in [-0.25, -0.2) is 4.98 Å². The number of ether oxygens (including phenoxy) is 2. The maximum atomic E-state index is 12.8. The van der Waals surface area contributed by atoms with E-state index in [4.69, 9.17) is 9.47 Å². The van der Waals surface area contributed by atoms with Crippen LogP contribution in [0.15, 0.2) is 21.4 Å². The number of thiophene rings is 1. The van der Waals surface area contributed by atoms with E-state index in [0.717, 1.165) is 41.3 Å². The van der Waals surface area contributed by atoms with Crippen molar-refractivity contribution < 1.29 is 9.47 Å². The van der Waals surface area contributed by atoms with E-state index in [0.29, 0.717) is 21.7 Å². The number of nitriles is 1. The Balaban J connectivity index is 1.63. The lowest BCUT2D eigenvalue weighted by molar-refractivity contribution is 0.174. The van der Waals surface area contributed by atoms with Gasteiger partial charge in [0.1, 0.15) is 10.9 Å². The third-order valence-corrected chi connectivity index (χ3v) is 6.86. The second kappa shape index (κ2) is 6.76. The summed E-state index contributed by atoms with van der Waals surface area (Å²) in [5.41, 5.74) is 1.98. The molecule has 6 nitrogen and oxygen atoms in total. The topological polar surface area (TPSA) is 88.0 Å². The molecule has 3 aromatic rings. The van der Waals surface area contributed by atoms with Gasteiger partial charge in [0.05, 0.1) is 11.0 Å². The van der Waals surface area contributed by atoms with Crippen LogP contribution < -0.4 is 15.0 Å². The summed E-state index contributed by atoms with van der Waals surface area (Å²) in [6.07, 6.45) is 5.85. The van der Waals surface area contributed by atoms with Gasteiger partial charge < -0.3 is 14.5 Å². The molecule has 0 bridgehead atoms. The number of fused-ring (bicyclic) bond motifs is 4. The third kappa shape index (κ3) is 2.82. The summed E-state index contributed by atoms with van der Waals surface area (Å²) >= 11 is 5.06. The maximum Gasteiger partial charge on any atom is 0.260 e. The lowest BCUT2D eigenvalue weighted by Gasteiger charge is -2.09. The van der Waals surface area contributed by atoms with Crippen LogP contribution in [0.2, 0.25) is 0 Å². The van der Waals surface area contributed by atoms with E-state index in [1.165, 1.54) is 4.88 Å². The van der Waals surface area contributed by atoms with Crippen molar-refractivity contribution in [3.05, 3.63) is 48.8 Å². The molecule has 0 fully saturated rings. The average Bonchev–Trinajstić information content (AvgIpc) is 3.29. The highest BCUT2D eigenvalue weighted by Gasteiger charge is 2.21. The van der Waals surface area contributed by atoms with Gasteiger partial charge in [-0.2, -0.15) is 5.26 Å². The van der Waals surface area contributed by atoms with Gasteiger partial charge in [0.15, 0.2) is 17.3 Å². The highest BCUT2D eigenvalue weighted by atomic mass is 79.9. The lowest BCUT2D eigenvalue weighted by atomic mass is 9.97. The van der Waals surface area contributed by atoms with Gasteiger partial charge in [0, 0.05) is 9.35 Å². The number of hydrogen-bond acceptors (Lipinski definition) is 6. The van der Waals surface area contributed by atoms with Gasteiger partial charge in [0.2, 0.25) is 6.79 Å². The fourth-order valence-corrected chi connectivity index (χ4v) is 5.34. The Kier molecular flexibility index (Phi) is 4.22. The summed E-state index contributed by atoms with van der Waals surface area (Å²) in [6.45, 7) is 0.175. The minimum atomic E-state index is -0.176. The molecule has 0 amide bonds. The minimum Gasteiger partial charge on any atom is -0.454 e. The molecule has 1 N–H and O–H groups in total. The van der Waals surface area contributed by atoms with Crippen LogP contribution in [0, 0.1) is 11.3 Å². The third-order valence-electron chi connectivity index (χ3n) is 4.99. The largest absolute Gasteiger partial charge is 0.454 e. The second-order valence-electron chi connectivity index (χ2n) is 6.70. The normalized spacial score (nSPS) is 15.5. The van der Waals surface area contributed by atoms with Crippen molar-refractivity contribution >= 4 is 49.1 Å². The number of H-pyrrole nitrogens is 1. The molecular formula is C20H14BrN3O3S. The van der Waals surface area contributed by atoms with Crippen molar-refractivity contribution in [3.8, 4) is 17.6 Å².